The minimum atomic E-state index is -3.71. The van der Waals surface area contributed by atoms with Crippen molar-refractivity contribution in [2.24, 2.45) is 0 Å². The number of hydrogen-bond acceptors (Lipinski definition) is 7. The molecule has 220 valence electrons. The summed E-state index contributed by atoms with van der Waals surface area (Å²) in [6.45, 7) is 2.28. The van der Waals surface area contributed by atoms with E-state index in [0.717, 1.165) is 11.1 Å². The minimum Gasteiger partial charge on any atom is -0.388 e. The van der Waals surface area contributed by atoms with Crippen LogP contribution in [0.3, 0.4) is 0 Å². The molecule has 0 saturated carbocycles. The second-order valence-electron chi connectivity index (χ2n) is 10.2. The van der Waals surface area contributed by atoms with E-state index in [1.54, 1.807) is 49.2 Å². The molecule has 1 aromatic heterocycles. The van der Waals surface area contributed by atoms with Crippen LogP contribution in [0, 0.1) is 6.92 Å². The summed E-state index contributed by atoms with van der Waals surface area (Å²) < 4.78 is 33.4. The molecule has 1 heterocycles. The van der Waals surface area contributed by atoms with Gasteiger partial charge >= 0.3 is 11.6 Å². The van der Waals surface area contributed by atoms with E-state index in [4.69, 9.17) is 4.42 Å². The van der Waals surface area contributed by atoms with Crippen LogP contribution in [0.1, 0.15) is 28.7 Å². The van der Waals surface area contributed by atoms with Crippen molar-refractivity contribution in [1.29, 1.82) is 0 Å². The molecule has 0 aliphatic carbocycles. The quantitative estimate of drug-likeness (QED) is 0.212. The number of carbonyl (C=O) groups is 1. The maximum absolute atomic E-state index is 13.1. The third kappa shape index (κ3) is 7.17. The number of hydrogen-bond donors (Lipinski definition) is 2. The first-order valence-electron chi connectivity index (χ1n) is 13.8. The van der Waals surface area contributed by atoms with Gasteiger partial charge < -0.3 is 14.6 Å². The molecule has 0 fully saturated rings. The van der Waals surface area contributed by atoms with Gasteiger partial charge in [0.15, 0.2) is 0 Å². The molecule has 0 unspecified atom stereocenters. The summed E-state index contributed by atoms with van der Waals surface area (Å²) in [6, 6.07) is 28.8. The maximum Gasteiger partial charge on any atom is 0.348 e. The highest BCUT2D eigenvalue weighted by Gasteiger charge is 2.17. The van der Waals surface area contributed by atoms with Gasteiger partial charge in [0.25, 0.3) is 0 Å². The van der Waals surface area contributed by atoms with Gasteiger partial charge in [0, 0.05) is 32.2 Å². The number of sulfonamides is 1. The SMILES string of the molecule is Cc1c(CNS(=O)(=O)c2ccccc2)ccc2nc(Nc3ccccc3CCC(=O)N(C)Cc3ccccc3)oc(=O)c12. The van der Waals surface area contributed by atoms with Gasteiger partial charge in [0.1, 0.15) is 0 Å². The zero-order valence-electron chi connectivity index (χ0n) is 23.9. The largest absolute Gasteiger partial charge is 0.388 e. The first-order chi connectivity index (χ1) is 20.7. The fourth-order valence-electron chi connectivity index (χ4n) is 4.82. The average molecular weight is 597 g/mol. The van der Waals surface area contributed by atoms with Crippen molar-refractivity contribution in [2.75, 3.05) is 12.4 Å². The molecule has 5 rings (SSSR count). The topological polar surface area (TPSA) is 122 Å². The van der Waals surface area contributed by atoms with Crippen molar-refractivity contribution in [2.45, 2.75) is 37.8 Å². The van der Waals surface area contributed by atoms with Gasteiger partial charge in [0.05, 0.1) is 15.8 Å². The highest BCUT2D eigenvalue weighted by Crippen LogP contribution is 2.24. The number of aryl methyl sites for hydroxylation is 2. The van der Waals surface area contributed by atoms with Crippen molar-refractivity contribution in [3.8, 4) is 0 Å². The standard InChI is InChI=1S/C33H32N4O5S/c1-23-26(21-34-43(40,41)27-14-7-4-8-15-27)17-19-29-31(23)32(39)42-33(36-29)35-28-16-10-9-13-25(28)18-20-30(38)37(2)22-24-11-5-3-6-12-24/h3-17,19,34H,18,20-22H2,1-2H3,(H,35,36). The molecule has 43 heavy (non-hydrogen) atoms. The highest BCUT2D eigenvalue weighted by molar-refractivity contribution is 7.89. The lowest BCUT2D eigenvalue weighted by Crippen LogP contribution is -2.26. The predicted molar refractivity (Wildman–Crippen MR) is 166 cm³/mol. The lowest BCUT2D eigenvalue weighted by Gasteiger charge is -2.18. The Balaban J connectivity index is 1.29. The van der Waals surface area contributed by atoms with Crippen LogP contribution in [0.5, 0.6) is 0 Å². The second-order valence-corrected chi connectivity index (χ2v) is 12.0. The van der Waals surface area contributed by atoms with Crippen molar-refractivity contribution >= 4 is 38.5 Å². The van der Waals surface area contributed by atoms with Crippen LogP contribution in [0.4, 0.5) is 11.7 Å². The fraction of sp³-hybridized carbons (Fsp3) is 0.182. The second kappa shape index (κ2) is 13.0. The lowest BCUT2D eigenvalue weighted by molar-refractivity contribution is -0.130. The van der Waals surface area contributed by atoms with Gasteiger partial charge in [-0.15, -0.1) is 0 Å². The van der Waals surface area contributed by atoms with Gasteiger partial charge in [-0.3, -0.25) is 4.79 Å². The van der Waals surface area contributed by atoms with Crippen LogP contribution in [-0.2, 0) is 34.3 Å². The van der Waals surface area contributed by atoms with E-state index in [-0.39, 0.29) is 28.7 Å². The molecule has 0 spiro atoms. The van der Waals surface area contributed by atoms with Crippen LogP contribution >= 0.6 is 0 Å². The number of benzene rings is 4. The summed E-state index contributed by atoms with van der Waals surface area (Å²) in [7, 11) is -1.92. The smallest absolute Gasteiger partial charge is 0.348 e. The first kappa shape index (κ1) is 29.7. The Morgan fingerprint density at radius 3 is 2.30 bits per heavy atom. The Hall–Kier alpha value is -4.80. The molecule has 0 bridgehead atoms. The molecule has 10 heteroatoms. The van der Waals surface area contributed by atoms with Gasteiger partial charge in [-0.1, -0.05) is 72.8 Å². The number of carbonyl (C=O) groups excluding carboxylic acids is 1. The van der Waals surface area contributed by atoms with E-state index in [0.29, 0.717) is 41.7 Å². The predicted octanol–water partition coefficient (Wildman–Crippen LogP) is 5.31. The third-order valence-electron chi connectivity index (χ3n) is 7.23. The van der Waals surface area contributed by atoms with E-state index < -0.39 is 15.6 Å². The molecule has 5 aromatic rings. The molecule has 0 saturated heterocycles. The number of para-hydroxylation sites is 1. The molecule has 0 radical (unpaired) electrons. The summed E-state index contributed by atoms with van der Waals surface area (Å²) in [5, 5.41) is 3.38. The van der Waals surface area contributed by atoms with Crippen LogP contribution < -0.4 is 15.7 Å². The number of fused-ring (bicyclic) bond motifs is 1. The molecule has 0 aliphatic rings. The number of amides is 1. The zero-order valence-corrected chi connectivity index (χ0v) is 24.7. The maximum atomic E-state index is 13.1. The van der Waals surface area contributed by atoms with E-state index in [1.165, 1.54) is 12.1 Å². The fourth-order valence-corrected chi connectivity index (χ4v) is 5.84. The summed E-state index contributed by atoms with van der Waals surface area (Å²) in [4.78, 5) is 32.3. The third-order valence-corrected chi connectivity index (χ3v) is 8.65. The van der Waals surface area contributed by atoms with E-state index >= 15 is 0 Å². The van der Waals surface area contributed by atoms with Gasteiger partial charge in [-0.25, -0.2) is 17.9 Å². The molecular weight excluding hydrogens is 564 g/mol. The Morgan fingerprint density at radius 1 is 0.884 bits per heavy atom. The Kier molecular flexibility index (Phi) is 8.98. The average Bonchev–Trinajstić information content (AvgIpc) is 3.01. The number of rotatable bonds is 11. The number of nitrogens with one attached hydrogen (secondary N) is 2. The summed E-state index contributed by atoms with van der Waals surface area (Å²) in [5.41, 5.74) is 3.67. The lowest BCUT2D eigenvalue weighted by atomic mass is 10.0. The van der Waals surface area contributed by atoms with Crippen molar-refractivity contribution in [3.05, 3.63) is 130 Å². The Labute approximate surface area is 250 Å². The van der Waals surface area contributed by atoms with Crippen molar-refractivity contribution < 1.29 is 17.6 Å². The van der Waals surface area contributed by atoms with E-state index in [1.807, 2.05) is 54.6 Å². The zero-order chi connectivity index (χ0) is 30.4. The first-order valence-corrected chi connectivity index (χ1v) is 15.3. The molecule has 9 nitrogen and oxygen atoms in total. The van der Waals surface area contributed by atoms with Crippen molar-refractivity contribution in [3.63, 3.8) is 0 Å². The highest BCUT2D eigenvalue weighted by atomic mass is 32.2. The van der Waals surface area contributed by atoms with E-state index in [2.05, 4.69) is 15.0 Å². The molecule has 4 aromatic carbocycles. The molecule has 0 atom stereocenters. The number of nitrogens with zero attached hydrogens (tertiary/aromatic N) is 2. The van der Waals surface area contributed by atoms with Gasteiger partial charge in [0.2, 0.25) is 15.9 Å². The normalized spacial score (nSPS) is 11.4. The summed E-state index contributed by atoms with van der Waals surface area (Å²) in [6.07, 6.45) is 0.799. The van der Waals surface area contributed by atoms with Crippen LogP contribution in [0.25, 0.3) is 10.9 Å². The minimum absolute atomic E-state index is 0.00503. The number of aromatic nitrogens is 1. The molecule has 0 aliphatic heterocycles. The monoisotopic (exact) mass is 596 g/mol. The summed E-state index contributed by atoms with van der Waals surface area (Å²) >= 11 is 0. The van der Waals surface area contributed by atoms with Crippen molar-refractivity contribution in [1.82, 2.24) is 14.6 Å². The van der Waals surface area contributed by atoms with Crippen LogP contribution in [0.2, 0.25) is 0 Å². The van der Waals surface area contributed by atoms with Crippen LogP contribution in [-0.4, -0.2) is 31.3 Å². The Bertz CT molecular complexity index is 1910. The van der Waals surface area contributed by atoms with Gasteiger partial charge in [-0.2, -0.15) is 4.98 Å². The molecule has 1 amide bonds. The van der Waals surface area contributed by atoms with Gasteiger partial charge in [-0.05, 0) is 59.9 Å². The Morgan fingerprint density at radius 2 is 1.56 bits per heavy atom. The molecular formula is C33H32N4O5S. The molecule has 2 N–H and O–H groups in total. The number of anilines is 2. The summed E-state index contributed by atoms with van der Waals surface area (Å²) in [5.74, 6) is 0.0198. The van der Waals surface area contributed by atoms with Crippen LogP contribution in [0.15, 0.2) is 111 Å². The van der Waals surface area contributed by atoms with E-state index in [9.17, 15) is 18.0 Å².